The lowest BCUT2D eigenvalue weighted by Crippen LogP contribution is -2.35. The summed E-state index contributed by atoms with van der Waals surface area (Å²) in [5.74, 6) is -0.660. The highest BCUT2D eigenvalue weighted by atomic mass is 32.1. The number of amides is 1. The molecule has 4 rings (SSSR count). The van der Waals surface area contributed by atoms with Crippen LogP contribution in [0.25, 0.3) is 10.2 Å². The number of halogens is 1. The van der Waals surface area contributed by atoms with Gasteiger partial charge in [0.2, 0.25) is 0 Å². The average molecular weight is 371 g/mol. The molecule has 0 radical (unpaired) electrons. The third-order valence-electron chi connectivity index (χ3n) is 4.29. The predicted octanol–water partition coefficient (Wildman–Crippen LogP) is 3.52. The summed E-state index contributed by atoms with van der Waals surface area (Å²) >= 11 is 1.44. The lowest BCUT2D eigenvalue weighted by atomic mass is 10.2. The minimum absolute atomic E-state index is 0.294. The van der Waals surface area contributed by atoms with Crippen molar-refractivity contribution in [1.29, 1.82) is 0 Å². The van der Waals surface area contributed by atoms with E-state index in [4.69, 9.17) is 4.74 Å². The molecule has 0 spiro atoms. The van der Waals surface area contributed by atoms with Crippen molar-refractivity contribution < 1.29 is 13.9 Å². The molecule has 0 unspecified atom stereocenters. The van der Waals surface area contributed by atoms with Crippen LogP contribution in [0.15, 0.2) is 42.5 Å². The molecule has 2 aromatic carbocycles. The molecule has 134 valence electrons. The molecule has 0 saturated carbocycles. The molecule has 3 aromatic rings. The van der Waals surface area contributed by atoms with E-state index in [0.29, 0.717) is 10.7 Å². The van der Waals surface area contributed by atoms with Crippen LogP contribution in [0.3, 0.4) is 0 Å². The molecule has 0 bridgehead atoms. The molecule has 1 aliphatic rings. The maximum Gasteiger partial charge on any atom is 0.257 e. The number of aromatic nitrogens is 1. The topological polar surface area (TPSA) is 54.5 Å². The summed E-state index contributed by atoms with van der Waals surface area (Å²) in [6.45, 7) is 4.33. The van der Waals surface area contributed by atoms with Crippen LogP contribution < -0.4 is 5.32 Å². The molecule has 1 N–H and O–H groups in total. The zero-order valence-corrected chi connectivity index (χ0v) is 14.9. The Kier molecular flexibility index (Phi) is 4.92. The van der Waals surface area contributed by atoms with E-state index in [1.807, 2.05) is 6.07 Å². The number of ether oxygens (including phenoxy) is 1. The van der Waals surface area contributed by atoms with Crippen LogP contribution in [0.4, 0.5) is 9.52 Å². The summed E-state index contributed by atoms with van der Waals surface area (Å²) in [5.41, 5.74) is 2.48. The molecule has 7 heteroatoms. The number of nitrogens with zero attached hydrogens (tertiary/aromatic N) is 2. The van der Waals surface area contributed by atoms with Gasteiger partial charge in [-0.15, -0.1) is 0 Å². The first-order valence-corrected chi connectivity index (χ1v) is 9.25. The molecular weight excluding hydrogens is 353 g/mol. The second kappa shape index (κ2) is 7.49. The van der Waals surface area contributed by atoms with Gasteiger partial charge >= 0.3 is 0 Å². The molecule has 1 fully saturated rings. The number of fused-ring (bicyclic) bond motifs is 1. The van der Waals surface area contributed by atoms with Crippen molar-refractivity contribution in [2.45, 2.75) is 6.54 Å². The van der Waals surface area contributed by atoms with E-state index in [2.05, 4.69) is 27.3 Å². The van der Waals surface area contributed by atoms with Crippen LogP contribution in [-0.2, 0) is 11.3 Å². The van der Waals surface area contributed by atoms with Crippen molar-refractivity contribution in [3.05, 3.63) is 59.4 Å². The zero-order valence-electron chi connectivity index (χ0n) is 14.1. The molecule has 1 aromatic heterocycles. The Labute approximate surface area is 154 Å². The van der Waals surface area contributed by atoms with Gasteiger partial charge in [-0.05, 0) is 42.0 Å². The van der Waals surface area contributed by atoms with Gasteiger partial charge in [0.1, 0.15) is 5.82 Å². The first-order valence-electron chi connectivity index (χ1n) is 8.44. The largest absolute Gasteiger partial charge is 0.379 e. The number of hydrogen-bond donors (Lipinski definition) is 1. The Morgan fingerprint density at radius 2 is 1.96 bits per heavy atom. The maximum absolute atomic E-state index is 13.0. The highest BCUT2D eigenvalue weighted by Crippen LogP contribution is 2.27. The number of hydrogen-bond acceptors (Lipinski definition) is 5. The van der Waals surface area contributed by atoms with Gasteiger partial charge in [-0.25, -0.2) is 9.37 Å². The Bertz CT molecular complexity index is 920. The van der Waals surface area contributed by atoms with Crippen LogP contribution in [0, 0.1) is 5.82 Å². The summed E-state index contributed by atoms with van der Waals surface area (Å²) in [4.78, 5) is 19.1. The van der Waals surface area contributed by atoms with Crippen LogP contribution in [0.2, 0.25) is 0 Å². The van der Waals surface area contributed by atoms with Crippen molar-refractivity contribution in [3.8, 4) is 0 Å². The SMILES string of the molecule is O=C(Nc1nc2ccc(CN3CCOCC3)cc2s1)c1ccc(F)cc1. The summed E-state index contributed by atoms with van der Waals surface area (Å²) < 4.78 is 19.4. The molecule has 0 aliphatic carbocycles. The van der Waals surface area contributed by atoms with Gasteiger partial charge < -0.3 is 4.74 Å². The van der Waals surface area contributed by atoms with E-state index >= 15 is 0 Å². The Hall–Kier alpha value is -2.35. The Balaban J connectivity index is 1.48. The standard InChI is InChI=1S/C19H18FN3O2S/c20-15-4-2-14(3-5-15)18(24)22-19-21-16-6-1-13(11-17(16)26-19)12-23-7-9-25-10-8-23/h1-6,11H,7-10,12H2,(H,21,22,24). The molecule has 26 heavy (non-hydrogen) atoms. The third-order valence-corrected chi connectivity index (χ3v) is 5.22. The molecule has 0 atom stereocenters. The van der Waals surface area contributed by atoms with Crippen molar-refractivity contribution >= 4 is 32.6 Å². The smallest absolute Gasteiger partial charge is 0.257 e. The number of carbonyl (C=O) groups is 1. The highest BCUT2D eigenvalue weighted by molar-refractivity contribution is 7.22. The van der Waals surface area contributed by atoms with Crippen molar-refractivity contribution in [2.24, 2.45) is 0 Å². The monoisotopic (exact) mass is 371 g/mol. The molecular formula is C19H18FN3O2S. The molecule has 1 aliphatic heterocycles. The number of rotatable bonds is 4. The van der Waals surface area contributed by atoms with Gasteiger partial charge in [0.05, 0.1) is 23.4 Å². The van der Waals surface area contributed by atoms with Crippen molar-refractivity contribution in [2.75, 3.05) is 31.6 Å². The van der Waals surface area contributed by atoms with Gasteiger partial charge in [0.15, 0.2) is 5.13 Å². The number of morpholine rings is 1. The van der Waals surface area contributed by atoms with Gasteiger partial charge in [-0.3, -0.25) is 15.0 Å². The molecule has 1 amide bonds. The third kappa shape index (κ3) is 3.90. The highest BCUT2D eigenvalue weighted by Gasteiger charge is 2.13. The first kappa shape index (κ1) is 17.1. The minimum atomic E-state index is -0.366. The van der Waals surface area contributed by atoms with E-state index in [1.54, 1.807) is 0 Å². The van der Waals surface area contributed by atoms with E-state index in [0.717, 1.165) is 43.1 Å². The molecule has 5 nitrogen and oxygen atoms in total. The van der Waals surface area contributed by atoms with Crippen LogP contribution in [-0.4, -0.2) is 42.1 Å². The lowest BCUT2D eigenvalue weighted by Gasteiger charge is -2.26. The maximum atomic E-state index is 13.0. The molecule has 1 saturated heterocycles. The van der Waals surface area contributed by atoms with Crippen molar-refractivity contribution in [3.63, 3.8) is 0 Å². The Morgan fingerprint density at radius 1 is 1.19 bits per heavy atom. The van der Waals surface area contributed by atoms with E-state index in [-0.39, 0.29) is 11.7 Å². The van der Waals surface area contributed by atoms with E-state index in [9.17, 15) is 9.18 Å². The summed E-state index contributed by atoms with van der Waals surface area (Å²) in [6.07, 6.45) is 0. The second-order valence-electron chi connectivity index (χ2n) is 6.17. The van der Waals surface area contributed by atoms with Crippen LogP contribution >= 0.6 is 11.3 Å². The van der Waals surface area contributed by atoms with Crippen LogP contribution in [0.1, 0.15) is 15.9 Å². The van der Waals surface area contributed by atoms with E-state index < -0.39 is 0 Å². The number of thiazole rings is 1. The fourth-order valence-electron chi connectivity index (χ4n) is 2.91. The fourth-order valence-corrected chi connectivity index (χ4v) is 3.83. The number of carbonyl (C=O) groups excluding carboxylic acids is 1. The average Bonchev–Trinajstić information content (AvgIpc) is 3.04. The lowest BCUT2D eigenvalue weighted by molar-refractivity contribution is 0.0342. The second-order valence-corrected chi connectivity index (χ2v) is 7.20. The summed E-state index contributed by atoms with van der Waals surface area (Å²) in [5, 5.41) is 3.33. The fraction of sp³-hybridized carbons (Fsp3) is 0.263. The normalized spacial score (nSPS) is 15.3. The Morgan fingerprint density at radius 3 is 2.73 bits per heavy atom. The summed E-state index contributed by atoms with van der Waals surface area (Å²) in [6, 6.07) is 11.6. The van der Waals surface area contributed by atoms with Crippen LogP contribution in [0.5, 0.6) is 0 Å². The van der Waals surface area contributed by atoms with Gasteiger partial charge in [-0.1, -0.05) is 17.4 Å². The van der Waals surface area contributed by atoms with Gasteiger partial charge in [0.25, 0.3) is 5.91 Å². The number of nitrogens with one attached hydrogen (secondary N) is 1. The quantitative estimate of drug-likeness (QED) is 0.762. The number of benzene rings is 2. The van der Waals surface area contributed by atoms with E-state index in [1.165, 1.54) is 41.2 Å². The van der Waals surface area contributed by atoms with Crippen molar-refractivity contribution in [1.82, 2.24) is 9.88 Å². The first-order chi connectivity index (χ1) is 12.7. The van der Waals surface area contributed by atoms with Gasteiger partial charge in [0, 0.05) is 25.2 Å². The zero-order chi connectivity index (χ0) is 17.9. The summed E-state index contributed by atoms with van der Waals surface area (Å²) in [7, 11) is 0. The predicted molar refractivity (Wildman–Crippen MR) is 100 cm³/mol. The minimum Gasteiger partial charge on any atom is -0.379 e. The van der Waals surface area contributed by atoms with Gasteiger partial charge in [-0.2, -0.15) is 0 Å². The molecule has 2 heterocycles. The number of anilines is 1.